The Morgan fingerprint density at radius 1 is 1.33 bits per heavy atom. The van der Waals surface area contributed by atoms with Gasteiger partial charge in [0.05, 0.1) is 11.3 Å². The Bertz CT molecular complexity index is 702. The maximum atomic E-state index is 10.8. The van der Waals surface area contributed by atoms with E-state index in [9.17, 15) is 14.9 Å². The fraction of sp³-hybridized carbons (Fsp3) is 0.0769. The highest BCUT2D eigenvalue weighted by molar-refractivity contribution is 5.71. The zero-order chi connectivity index (χ0) is 15.4. The van der Waals surface area contributed by atoms with Crippen molar-refractivity contribution >= 4 is 17.5 Å². The summed E-state index contributed by atoms with van der Waals surface area (Å²) in [5.74, 6) is -0.910. The van der Waals surface area contributed by atoms with Crippen molar-refractivity contribution in [2.24, 2.45) is 0 Å². The highest BCUT2D eigenvalue weighted by Gasteiger charge is 2.15. The molecule has 0 spiro atoms. The predicted octanol–water partition coefficient (Wildman–Crippen LogP) is 1.99. The molecule has 0 aliphatic rings. The second-order valence-electron chi connectivity index (χ2n) is 4.09. The first-order chi connectivity index (χ1) is 9.97. The van der Waals surface area contributed by atoms with Crippen molar-refractivity contribution in [3.63, 3.8) is 0 Å². The molecule has 0 bridgehead atoms. The first-order valence-electron chi connectivity index (χ1n) is 5.86. The fourth-order valence-corrected chi connectivity index (χ4v) is 1.69. The van der Waals surface area contributed by atoms with Gasteiger partial charge in [0.2, 0.25) is 11.7 Å². The molecule has 2 rings (SSSR count). The number of nitrogens with zero attached hydrogens (tertiary/aromatic N) is 2. The molecule has 1 heterocycles. The normalized spacial score (nSPS) is 10.1. The average molecular weight is 289 g/mol. The second-order valence-corrected chi connectivity index (χ2v) is 4.09. The minimum atomic E-state index is -0.998. The number of carbonyl (C=O) groups is 1. The van der Waals surface area contributed by atoms with Gasteiger partial charge in [-0.2, -0.15) is 4.98 Å². The number of carboxylic acid groups (broad SMARTS) is 1. The number of nitro groups is 1. The number of hydrogen-bond donors (Lipinski definition) is 2. The van der Waals surface area contributed by atoms with E-state index < -0.39 is 10.9 Å². The van der Waals surface area contributed by atoms with Crippen LogP contribution in [0.1, 0.15) is 5.56 Å². The quantitative estimate of drug-likeness (QED) is 0.636. The number of nitrogens with two attached hydrogens (primary N) is 1. The van der Waals surface area contributed by atoms with Crippen molar-refractivity contribution in [1.29, 1.82) is 0 Å². The minimum Gasteiger partial charge on any atom is -0.481 e. The number of carboxylic acids is 1. The van der Waals surface area contributed by atoms with Gasteiger partial charge in [0.25, 0.3) is 0 Å². The Kier molecular flexibility index (Phi) is 3.98. The number of pyridine rings is 1. The van der Waals surface area contributed by atoms with Gasteiger partial charge < -0.3 is 15.6 Å². The SMILES string of the molecule is Nc1nc(Oc2ccccc2CC(=O)O)ccc1[N+](=O)[O-]. The van der Waals surface area contributed by atoms with Gasteiger partial charge in [0.15, 0.2) is 0 Å². The van der Waals surface area contributed by atoms with Gasteiger partial charge in [-0.1, -0.05) is 18.2 Å². The van der Waals surface area contributed by atoms with Crippen LogP contribution in [0.4, 0.5) is 11.5 Å². The van der Waals surface area contributed by atoms with Crippen LogP contribution in [0, 0.1) is 10.1 Å². The van der Waals surface area contributed by atoms with E-state index in [1.54, 1.807) is 24.3 Å². The monoisotopic (exact) mass is 289 g/mol. The lowest BCUT2D eigenvalue weighted by molar-refractivity contribution is -0.384. The van der Waals surface area contributed by atoms with Gasteiger partial charge in [0.1, 0.15) is 5.75 Å². The van der Waals surface area contributed by atoms with Crippen molar-refractivity contribution in [3.8, 4) is 11.6 Å². The smallest absolute Gasteiger partial charge is 0.311 e. The summed E-state index contributed by atoms with van der Waals surface area (Å²) in [7, 11) is 0. The number of hydrogen-bond acceptors (Lipinski definition) is 6. The number of benzene rings is 1. The molecule has 108 valence electrons. The Hall–Kier alpha value is -3.16. The third kappa shape index (κ3) is 3.44. The van der Waals surface area contributed by atoms with Crippen LogP contribution < -0.4 is 10.5 Å². The molecular weight excluding hydrogens is 278 g/mol. The standard InChI is InChI=1S/C13H11N3O5/c14-13-9(16(19)20)5-6-11(15-13)21-10-4-2-1-3-8(10)7-12(17)18/h1-6H,7H2,(H2,14,15)(H,17,18). The molecule has 0 saturated carbocycles. The summed E-state index contributed by atoms with van der Waals surface area (Å²) in [5.41, 5.74) is 5.61. The predicted molar refractivity (Wildman–Crippen MR) is 73.2 cm³/mol. The lowest BCUT2D eigenvalue weighted by Crippen LogP contribution is -2.03. The minimum absolute atomic E-state index is 0.0518. The summed E-state index contributed by atoms with van der Waals surface area (Å²) in [5, 5.41) is 19.5. The fourth-order valence-electron chi connectivity index (χ4n) is 1.69. The molecule has 1 aromatic carbocycles. The van der Waals surface area contributed by atoms with E-state index in [0.717, 1.165) is 0 Å². The van der Waals surface area contributed by atoms with E-state index in [1.807, 2.05) is 0 Å². The second kappa shape index (κ2) is 5.87. The molecule has 0 aliphatic heterocycles. The Labute approximate surface area is 119 Å². The largest absolute Gasteiger partial charge is 0.481 e. The maximum absolute atomic E-state index is 10.8. The van der Waals surface area contributed by atoms with E-state index in [0.29, 0.717) is 11.3 Å². The molecule has 8 heteroatoms. The molecule has 1 aromatic heterocycles. The van der Waals surface area contributed by atoms with Crippen LogP contribution in [0.15, 0.2) is 36.4 Å². The van der Waals surface area contributed by atoms with Crippen LogP contribution in [0.25, 0.3) is 0 Å². The Morgan fingerprint density at radius 2 is 2.05 bits per heavy atom. The number of ether oxygens (including phenoxy) is 1. The van der Waals surface area contributed by atoms with Crippen LogP contribution in [0.5, 0.6) is 11.6 Å². The van der Waals surface area contributed by atoms with Gasteiger partial charge in [-0.3, -0.25) is 14.9 Å². The van der Waals surface area contributed by atoms with E-state index in [2.05, 4.69) is 4.98 Å². The van der Waals surface area contributed by atoms with E-state index >= 15 is 0 Å². The molecule has 0 fully saturated rings. The highest BCUT2D eigenvalue weighted by Crippen LogP contribution is 2.28. The zero-order valence-electron chi connectivity index (χ0n) is 10.7. The summed E-state index contributed by atoms with van der Waals surface area (Å²) in [6, 6.07) is 9.03. The van der Waals surface area contributed by atoms with Crippen molar-refractivity contribution in [2.75, 3.05) is 5.73 Å². The first-order valence-corrected chi connectivity index (χ1v) is 5.86. The van der Waals surface area contributed by atoms with Crippen molar-refractivity contribution in [3.05, 3.63) is 52.1 Å². The molecular formula is C13H11N3O5. The molecule has 0 amide bonds. The Balaban J connectivity index is 2.28. The number of para-hydroxylation sites is 1. The van der Waals surface area contributed by atoms with Gasteiger partial charge in [-0.05, 0) is 6.07 Å². The van der Waals surface area contributed by atoms with Crippen LogP contribution in [0.2, 0.25) is 0 Å². The lowest BCUT2D eigenvalue weighted by Gasteiger charge is -2.09. The van der Waals surface area contributed by atoms with Crippen molar-refractivity contribution < 1.29 is 19.6 Å². The average Bonchev–Trinajstić information content (AvgIpc) is 2.40. The third-order valence-electron chi connectivity index (χ3n) is 2.60. The topological polar surface area (TPSA) is 129 Å². The zero-order valence-corrected chi connectivity index (χ0v) is 10.7. The molecule has 0 radical (unpaired) electrons. The van der Waals surface area contributed by atoms with Crippen molar-refractivity contribution in [1.82, 2.24) is 4.98 Å². The van der Waals surface area contributed by atoms with Crippen LogP contribution in [-0.4, -0.2) is 21.0 Å². The number of rotatable bonds is 5. The molecule has 3 N–H and O–H groups in total. The maximum Gasteiger partial charge on any atom is 0.311 e. The van der Waals surface area contributed by atoms with Gasteiger partial charge in [-0.15, -0.1) is 0 Å². The lowest BCUT2D eigenvalue weighted by atomic mass is 10.1. The van der Waals surface area contributed by atoms with Crippen molar-refractivity contribution in [2.45, 2.75) is 6.42 Å². The first kappa shape index (κ1) is 14.3. The molecule has 0 atom stereocenters. The van der Waals surface area contributed by atoms with Crippen LogP contribution in [0.3, 0.4) is 0 Å². The number of aliphatic carboxylic acids is 1. The molecule has 8 nitrogen and oxygen atoms in total. The molecule has 0 unspecified atom stereocenters. The number of nitrogen functional groups attached to an aromatic ring is 1. The number of anilines is 1. The van der Waals surface area contributed by atoms with E-state index in [4.69, 9.17) is 15.6 Å². The summed E-state index contributed by atoms with van der Waals surface area (Å²) >= 11 is 0. The molecule has 0 aliphatic carbocycles. The van der Waals surface area contributed by atoms with Crippen LogP contribution >= 0.6 is 0 Å². The highest BCUT2D eigenvalue weighted by atomic mass is 16.6. The summed E-state index contributed by atoms with van der Waals surface area (Å²) in [4.78, 5) is 24.6. The van der Waals surface area contributed by atoms with E-state index in [-0.39, 0.29) is 23.8 Å². The third-order valence-corrected chi connectivity index (χ3v) is 2.60. The molecule has 2 aromatic rings. The van der Waals surface area contributed by atoms with Gasteiger partial charge in [0, 0.05) is 17.7 Å². The van der Waals surface area contributed by atoms with Crippen LogP contribution in [-0.2, 0) is 11.2 Å². The molecule has 21 heavy (non-hydrogen) atoms. The van der Waals surface area contributed by atoms with Gasteiger partial charge >= 0.3 is 11.7 Å². The number of aromatic nitrogens is 1. The summed E-state index contributed by atoms with van der Waals surface area (Å²) < 4.78 is 5.45. The van der Waals surface area contributed by atoms with E-state index in [1.165, 1.54) is 12.1 Å². The summed E-state index contributed by atoms with van der Waals surface area (Å²) in [6.07, 6.45) is -0.210. The molecule has 0 saturated heterocycles. The summed E-state index contributed by atoms with van der Waals surface area (Å²) in [6.45, 7) is 0. The van der Waals surface area contributed by atoms with Gasteiger partial charge in [-0.25, -0.2) is 0 Å². The Morgan fingerprint density at radius 3 is 2.67 bits per heavy atom.